The highest BCUT2D eigenvalue weighted by molar-refractivity contribution is 5.08. The molecule has 1 atom stereocenters. The molecular weight excluding hydrogens is 232 g/mol. The van der Waals surface area contributed by atoms with Crippen LogP contribution in [0.15, 0.2) is 24.4 Å². The number of hydrogen-bond acceptors (Lipinski definition) is 2. The van der Waals surface area contributed by atoms with Gasteiger partial charge in [0.05, 0.1) is 5.69 Å². The molecule has 0 aliphatic heterocycles. The molecule has 104 valence electrons. The molecule has 3 rings (SSSR count). The second kappa shape index (κ2) is 5.62. The first-order valence-corrected chi connectivity index (χ1v) is 7.94. The molecule has 0 saturated heterocycles. The molecule has 2 heteroatoms. The molecule has 19 heavy (non-hydrogen) atoms. The van der Waals surface area contributed by atoms with E-state index < -0.39 is 0 Å². The van der Waals surface area contributed by atoms with Crippen molar-refractivity contribution in [1.29, 1.82) is 0 Å². The van der Waals surface area contributed by atoms with Crippen LogP contribution in [0.4, 0.5) is 0 Å². The predicted octanol–water partition coefficient (Wildman–Crippen LogP) is 4.24. The zero-order chi connectivity index (χ0) is 13.1. The summed E-state index contributed by atoms with van der Waals surface area (Å²) in [5, 5.41) is 3.78. The van der Waals surface area contributed by atoms with Gasteiger partial charge in [-0.25, -0.2) is 0 Å². The SMILES string of the molecule is C[C@@H](NC1CCC2(CCCC2)CC1)c1ccccn1. The van der Waals surface area contributed by atoms with Crippen molar-refractivity contribution in [2.45, 2.75) is 70.4 Å². The highest BCUT2D eigenvalue weighted by Gasteiger charge is 2.37. The van der Waals surface area contributed by atoms with Gasteiger partial charge < -0.3 is 5.32 Å². The number of hydrogen-bond donors (Lipinski definition) is 1. The van der Waals surface area contributed by atoms with E-state index in [4.69, 9.17) is 0 Å². The summed E-state index contributed by atoms with van der Waals surface area (Å²) in [6.45, 7) is 2.24. The molecule has 2 fully saturated rings. The van der Waals surface area contributed by atoms with Crippen LogP contribution in [0.1, 0.15) is 70.0 Å². The average Bonchev–Trinajstić information content (AvgIpc) is 2.91. The Labute approximate surface area is 117 Å². The lowest BCUT2D eigenvalue weighted by Crippen LogP contribution is -2.38. The third-order valence-electron chi connectivity index (χ3n) is 5.33. The van der Waals surface area contributed by atoms with E-state index in [-0.39, 0.29) is 0 Å². The first-order chi connectivity index (χ1) is 9.27. The molecule has 1 spiro atoms. The van der Waals surface area contributed by atoms with Crippen LogP contribution in [0.5, 0.6) is 0 Å². The van der Waals surface area contributed by atoms with Crippen molar-refractivity contribution in [1.82, 2.24) is 10.3 Å². The summed E-state index contributed by atoms with van der Waals surface area (Å²) in [6, 6.07) is 7.27. The Morgan fingerprint density at radius 2 is 1.89 bits per heavy atom. The number of nitrogens with zero attached hydrogens (tertiary/aromatic N) is 1. The van der Waals surface area contributed by atoms with E-state index in [9.17, 15) is 0 Å². The summed E-state index contributed by atoms with van der Waals surface area (Å²) in [5.41, 5.74) is 1.91. The molecule has 2 saturated carbocycles. The van der Waals surface area contributed by atoms with Crippen molar-refractivity contribution < 1.29 is 0 Å². The van der Waals surface area contributed by atoms with Crippen molar-refractivity contribution in [2.75, 3.05) is 0 Å². The number of rotatable bonds is 3. The van der Waals surface area contributed by atoms with Gasteiger partial charge in [0, 0.05) is 18.3 Å². The molecule has 2 aliphatic rings. The molecule has 0 radical (unpaired) electrons. The Hall–Kier alpha value is -0.890. The number of pyridine rings is 1. The van der Waals surface area contributed by atoms with Crippen LogP contribution in [0.25, 0.3) is 0 Å². The van der Waals surface area contributed by atoms with Crippen molar-refractivity contribution in [3.63, 3.8) is 0 Å². The molecule has 0 bridgehead atoms. The molecule has 2 aliphatic carbocycles. The lowest BCUT2D eigenvalue weighted by Gasteiger charge is -2.38. The summed E-state index contributed by atoms with van der Waals surface area (Å²) in [7, 11) is 0. The Balaban J connectivity index is 1.52. The first-order valence-electron chi connectivity index (χ1n) is 7.94. The van der Waals surface area contributed by atoms with Crippen LogP contribution >= 0.6 is 0 Å². The summed E-state index contributed by atoms with van der Waals surface area (Å²) < 4.78 is 0. The summed E-state index contributed by atoms with van der Waals surface area (Å²) >= 11 is 0. The van der Waals surface area contributed by atoms with Crippen LogP contribution in [0, 0.1) is 5.41 Å². The third kappa shape index (κ3) is 3.00. The van der Waals surface area contributed by atoms with Crippen molar-refractivity contribution >= 4 is 0 Å². The number of aromatic nitrogens is 1. The van der Waals surface area contributed by atoms with Crippen molar-refractivity contribution in [3.8, 4) is 0 Å². The van der Waals surface area contributed by atoms with Crippen molar-refractivity contribution in [3.05, 3.63) is 30.1 Å². The van der Waals surface area contributed by atoms with Gasteiger partial charge in [0.25, 0.3) is 0 Å². The van der Waals surface area contributed by atoms with Gasteiger partial charge in [-0.05, 0) is 63.0 Å². The van der Waals surface area contributed by atoms with E-state index >= 15 is 0 Å². The topological polar surface area (TPSA) is 24.9 Å². The van der Waals surface area contributed by atoms with Gasteiger partial charge in [-0.3, -0.25) is 4.98 Å². The summed E-state index contributed by atoms with van der Waals surface area (Å²) in [5.74, 6) is 0. The molecule has 1 aromatic heterocycles. The quantitative estimate of drug-likeness (QED) is 0.877. The van der Waals surface area contributed by atoms with Gasteiger partial charge in [-0.15, -0.1) is 0 Å². The molecular formula is C17H26N2. The minimum absolute atomic E-state index is 0.379. The van der Waals surface area contributed by atoms with Gasteiger partial charge in [0.15, 0.2) is 0 Å². The molecule has 2 nitrogen and oxygen atoms in total. The standard InChI is InChI=1S/C17H26N2/c1-14(16-6-2-5-13-18-16)19-15-7-11-17(12-8-15)9-3-4-10-17/h2,5-6,13-15,19H,3-4,7-12H2,1H3/t14-/m1/s1. The zero-order valence-corrected chi connectivity index (χ0v) is 12.1. The highest BCUT2D eigenvalue weighted by atomic mass is 15.0. The van der Waals surface area contributed by atoms with Crippen LogP contribution in [0.2, 0.25) is 0 Å². The largest absolute Gasteiger partial charge is 0.306 e. The molecule has 1 heterocycles. The summed E-state index contributed by atoms with van der Waals surface area (Å²) in [6.07, 6.45) is 13.4. The smallest absolute Gasteiger partial charge is 0.0570 e. The van der Waals surface area contributed by atoms with Gasteiger partial charge in [-0.1, -0.05) is 18.9 Å². The normalized spacial score (nSPS) is 24.7. The van der Waals surface area contributed by atoms with Gasteiger partial charge in [0.2, 0.25) is 0 Å². The lowest BCUT2D eigenvalue weighted by atomic mass is 9.71. The Bertz CT molecular complexity index is 385. The maximum Gasteiger partial charge on any atom is 0.0570 e. The third-order valence-corrected chi connectivity index (χ3v) is 5.33. The molecule has 0 unspecified atom stereocenters. The van der Waals surface area contributed by atoms with E-state index in [0.29, 0.717) is 12.1 Å². The Morgan fingerprint density at radius 1 is 1.16 bits per heavy atom. The zero-order valence-electron chi connectivity index (χ0n) is 12.1. The Kier molecular flexibility index (Phi) is 3.88. The van der Waals surface area contributed by atoms with Crippen LogP contribution in [-0.4, -0.2) is 11.0 Å². The fourth-order valence-corrected chi connectivity index (χ4v) is 4.09. The van der Waals surface area contributed by atoms with E-state index in [1.54, 1.807) is 0 Å². The average molecular weight is 258 g/mol. The van der Waals surface area contributed by atoms with Gasteiger partial charge >= 0.3 is 0 Å². The molecule has 1 N–H and O–H groups in total. The van der Waals surface area contributed by atoms with Crippen LogP contribution < -0.4 is 5.32 Å². The fourth-order valence-electron chi connectivity index (χ4n) is 4.09. The molecule has 0 aromatic carbocycles. The maximum absolute atomic E-state index is 4.45. The Morgan fingerprint density at radius 3 is 2.53 bits per heavy atom. The predicted molar refractivity (Wildman–Crippen MR) is 78.9 cm³/mol. The minimum Gasteiger partial charge on any atom is -0.306 e. The summed E-state index contributed by atoms with van der Waals surface area (Å²) in [4.78, 5) is 4.45. The first kappa shape index (κ1) is 13.1. The van der Waals surface area contributed by atoms with Crippen LogP contribution in [-0.2, 0) is 0 Å². The number of nitrogens with one attached hydrogen (secondary N) is 1. The minimum atomic E-state index is 0.379. The van der Waals surface area contributed by atoms with E-state index in [2.05, 4.69) is 29.4 Å². The monoisotopic (exact) mass is 258 g/mol. The van der Waals surface area contributed by atoms with E-state index in [1.165, 1.54) is 57.1 Å². The van der Waals surface area contributed by atoms with Crippen LogP contribution in [0.3, 0.4) is 0 Å². The van der Waals surface area contributed by atoms with Crippen molar-refractivity contribution in [2.24, 2.45) is 5.41 Å². The maximum atomic E-state index is 4.45. The van der Waals surface area contributed by atoms with E-state index in [1.807, 2.05) is 12.3 Å². The molecule has 0 amide bonds. The van der Waals surface area contributed by atoms with Gasteiger partial charge in [-0.2, -0.15) is 0 Å². The molecule has 1 aromatic rings. The van der Waals surface area contributed by atoms with E-state index in [0.717, 1.165) is 5.41 Å². The fraction of sp³-hybridized carbons (Fsp3) is 0.706. The highest BCUT2D eigenvalue weighted by Crippen LogP contribution is 2.49. The second-order valence-electron chi connectivity index (χ2n) is 6.62. The lowest BCUT2D eigenvalue weighted by molar-refractivity contribution is 0.163. The van der Waals surface area contributed by atoms with Gasteiger partial charge in [0.1, 0.15) is 0 Å². The second-order valence-corrected chi connectivity index (χ2v) is 6.62.